The lowest BCUT2D eigenvalue weighted by Crippen LogP contribution is -2.31. The van der Waals surface area contributed by atoms with Gasteiger partial charge in [-0.15, -0.1) is 0 Å². The molecular weight excluding hydrogens is 468 g/mol. The number of benzene rings is 1. The van der Waals surface area contributed by atoms with Crippen LogP contribution in [0.2, 0.25) is 0 Å². The van der Waals surface area contributed by atoms with Crippen LogP contribution in [0.5, 0.6) is 0 Å². The van der Waals surface area contributed by atoms with Crippen molar-refractivity contribution in [2.75, 3.05) is 12.3 Å². The minimum atomic E-state index is -4.60. The fourth-order valence-corrected chi connectivity index (χ4v) is 3.96. The van der Waals surface area contributed by atoms with Crippen molar-refractivity contribution in [2.45, 2.75) is 26.6 Å². The predicted octanol–water partition coefficient (Wildman–Crippen LogP) is 3.64. The number of aryl methyl sites for hydroxylation is 1. The van der Waals surface area contributed by atoms with Gasteiger partial charge < -0.3 is 10.6 Å². The van der Waals surface area contributed by atoms with Crippen LogP contribution in [0.1, 0.15) is 34.4 Å². The van der Waals surface area contributed by atoms with Crippen LogP contribution < -0.4 is 5.73 Å². The highest BCUT2D eigenvalue weighted by atomic mass is 19.4. The molecule has 9 nitrogen and oxygen atoms in total. The van der Waals surface area contributed by atoms with Gasteiger partial charge in [-0.3, -0.25) is 9.20 Å². The number of rotatable bonds is 4. The van der Waals surface area contributed by atoms with Crippen molar-refractivity contribution < 1.29 is 22.4 Å². The molecule has 180 valence electrons. The predicted molar refractivity (Wildman–Crippen MR) is 118 cm³/mol. The van der Waals surface area contributed by atoms with E-state index in [2.05, 4.69) is 20.1 Å². The molecule has 0 atom stereocenters. The van der Waals surface area contributed by atoms with Gasteiger partial charge in [0.25, 0.3) is 5.91 Å². The first-order chi connectivity index (χ1) is 16.6. The monoisotopic (exact) mass is 486 g/mol. The van der Waals surface area contributed by atoms with E-state index >= 15 is 0 Å². The zero-order chi connectivity index (χ0) is 25.1. The van der Waals surface area contributed by atoms with Gasteiger partial charge in [-0.1, -0.05) is 0 Å². The van der Waals surface area contributed by atoms with Gasteiger partial charge >= 0.3 is 6.18 Å². The number of halogens is 4. The van der Waals surface area contributed by atoms with E-state index in [0.717, 1.165) is 16.6 Å². The molecule has 0 radical (unpaired) electrons. The van der Waals surface area contributed by atoms with Gasteiger partial charge in [-0.05, 0) is 32.0 Å². The number of alkyl halides is 3. The third-order valence-electron chi connectivity index (χ3n) is 5.67. The van der Waals surface area contributed by atoms with Gasteiger partial charge in [0.15, 0.2) is 11.3 Å². The van der Waals surface area contributed by atoms with Gasteiger partial charge in [0, 0.05) is 12.6 Å². The number of carbonyl (C=O) groups excluding carboxylic acids is 1. The van der Waals surface area contributed by atoms with Crippen molar-refractivity contribution in [3.63, 3.8) is 0 Å². The van der Waals surface area contributed by atoms with Gasteiger partial charge in [-0.25, -0.2) is 23.9 Å². The molecule has 1 amide bonds. The molecule has 13 heteroatoms. The Labute approximate surface area is 194 Å². The molecule has 2 N–H and O–H groups in total. The molecule has 0 fully saturated rings. The second-order valence-electron chi connectivity index (χ2n) is 7.94. The number of amides is 1. The summed E-state index contributed by atoms with van der Waals surface area (Å²) in [6.45, 7) is 3.60. The Morgan fingerprint density at radius 2 is 1.97 bits per heavy atom. The third kappa shape index (κ3) is 3.78. The number of fused-ring (bicyclic) bond motifs is 4. The molecule has 0 aliphatic carbocycles. The van der Waals surface area contributed by atoms with Crippen LogP contribution in [0, 0.1) is 12.7 Å². The van der Waals surface area contributed by atoms with Crippen LogP contribution in [-0.4, -0.2) is 46.3 Å². The lowest BCUT2D eigenvalue weighted by Gasteiger charge is -2.20. The van der Waals surface area contributed by atoms with Crippen molar-refractivity contribution in [3.05, 3.63) is 65.3 Å². The maximum absolute atomic E-state index is 15.0. The Hall–Kier alpha value is -4.29. The molecule has 0 aliphatic rings. The zero-order valence-electron chi connectivity index (χ0n) is 18.5. The molecule has 0 saturated carbocycles. The van der Waals surface area contributed by atoms with Crippen LogP contribution in [-0.2, 0) is 12.7 Å². The van der Waals surface area contributed by atoms with Gasteiger partial charge in [-0.2, -0.15) is 18.3 Å². The summed E-state index contributed by atoms with van der Waals surface area (Å²) in [5, 5.41) is 3.53. The number of imidazole rings is 2. The highest BCUT2D eigenvalue weighted by Gasteiger charge is 2.33. The number of hydrogen-bond acceptors (Lipinski definition) is 6. The number of carbonyl (C=O) groups is 1. The minimum Gasteiger partial charge on any atom is -0.382 e. The van der Waals surface area contributed by atoms with Crippen molar-refractivity contribution in [1.29, 1.82) is 0 Å². The van der Waals surface area contributed by atoms with Gasteiger partial charge in [0.05, 0.1) is 40.7 Å². The van der Waals surface area contributed by atoms with Crippen LogP contribution >= 0.6 is 0 Å². The summed E-state index contributed by atoms with van der Waals surface area (Å²) in [4.78, 5) is 27.3. The number of nitrogens with zero attached hydrogens (tertiary/aromatic N) is 7. The van der Waals surface area contributed by atoms with E-state index in [-0.39, 0.29) is 35.6 Å². The molecule has 0 saturated heterocycles. The normalized spacial score (nSPS) is 12.2. The number of nitrogens with two attached hydrogens (primary N) is 1. The first-order valence-corrected chi connectivity index (χ1v) is 10.5. The van der Waals surface area contributed by atoms with E-state index in [4.69, 9.17) is 5.73 Å². The number of anilines is 1. The van der Waals surface area contributed by atoms with E-state index in [0.29, 0.717) is 22.4 Å². The topological polar surface area (TPSA) is 107 Å². The Kier molecular flexibility index (Phi) is 5.07. The quantitative estimate of drug-likeness (QED) is 0.389. The second-order valence-corrected chi connectivity index (χ2v) is 7.94. The molecule has 35 heavy (non-hydrogen) atoms. The third-order valence-corrected chi connectivity index (χ3v) is 5.67. The molecule has 4 heterocycles. The maximum Gasteiger partial charge on any atom is 0.435 e. The van der Waals surface area contributed by atoms with Crippen LogP contribution in [0.25, 0.3) is 22.2 Å². The lowest BCUT2D eigenvalue weighted by atomic mass is 10.1. The molecular formula is C22H18F4N8O. The summed E-state index contributed by atoms with van der Waals surface area (Å²) < 4.78 is 56.5. The Morgan fingerprint density at radius 3 is 2.69 bits per heavy atom. The van der Waals surface area contributed by atoms with Gasteiger partial charge in [0.1, 0.15) is 23.5 Å². The summed E-state index contributed by atoms with van der Waals surface area (Å²) in [5.74, 6) is -1.21. The molecule has 0 aliphatic heterocycles. The maximum atomic E-state index is 15.0. The summed E-state index contributed by atoms with van der Waals surface area (Å²) in [5.41, 5.74) is 7.13. The SMILES string of the molecule is CCN(Cc1cn2nc(C(F)(F)F)ccc2n1)C(=O)c1cc2c(cc1F)nc(N)c1c(C)ncn12. The average molecular weight is 486 g/mol. The summed E-state index contributed by atoms with van der Waals surface area (Å²) in [6.07, 6.45) is -1.77. The highest BCUT2D eigenvalue weighted by molar-refractivity contribution is 5.98. The standard InChI is InChI=1S/C22H18F4N8O/c1-3-32(8-12-9-34-18(29-12)5-4-17(31-34)22(24,25)26)21(35)13-6-16-15(7-14(13)23)30-20(27)19-11(2)28-10-33(16)19/h4-7,9-10H,3,8H2,1-2H3,(H2,27,30). The van der Waals surface area contributed by atoms with E-state index in [9.17, 15) is 22.4 Å². The number of hydrogen-bond donors (Lipinski definition) is 1. The van der Waals surface area contributed by atoms with Crippen LogP contribution in [0.3, 0.4) is 0 Å². The summed E-state index contributed by atoms with van der Waals surface area (Å²) >= 11 is 0. The smallest absolute Gasteiger partial charge is 0.382 e. The number of nitrogen functional groups attached to an aromatic ring is 1. The molecule has 0 spiro atoms. The van der Waals surface area contributed by atoms with Crippen molar-refractivity contribution in [3.8, 4) is 0 Å². The van der Waals surface area contributed by atoms with E-state index < -0.39 is 23.6 Å². The Bertz CT molecular complexity index is 1620. The van der Waals surface area contributed by atoms with Crippen molar-refractivity contribution in [2.24, 2.45) is 0 Å². The largest absolute Gasteiger partial charge is 0.435 e. The lowest BCUT2D eigenvalue weighted by molar-refractivity contribution is -0.141. The van der Waals surface area contributed by atoms with E-state index in [1.165, 1.54) is 29.6 Å². The van der Waals surface area contributed by atoms with Crippen molar-refractivity contribution in [1.82, 2.24) is 33.9 Å². The minimum absolute atomic E-state index is 0.0584. The summed E-state index contributed by atoms with van der Waals surface area (Å²) in [7, 11) is 0. The van der Waals surface area contributed by atoms with E-state index in [1.54, 1.807) is 18.2 Å². The second kappa shape index (κ2) is 7.89. The Morgan fingerprint density at radius 1 is 1.20 bits per heavy atom. The Balaban J connectivity index is 1.51. The fraction of sp³-hybridized carbons (Fsp3) is 0.227. The number of aromatic nitrogens is 6. The van der Waals surface area contributed by atoms with Crippen LogP contribution in [0.15, 0.2) is 36.8 Å². The van der Waals surface area contributed by atoms with Crippen molar-refractivity contribution >= 4 is 33.9 Å². The first kappa shape index (κ1) is 22.5. The first-order valence-electron chi connectivity index (χ1n) is 10.5. The molecule has 4 aromatic heterocycles. The zero-order valence-corrected chi connectivity index (χ0v) is 18.5. The molecule has 0 unspecified atom stereocenters. The average Bonchev–Trinajstić information content (AvgIpc) is 3.39. The molecule has 0 bridgehead atoms. The van der Waals surface area contributed by atoms with Crippen LogP contribution in [0.4, 0.5) is 23.4 Å². The molecule has 5 rings (SSSR count). The highest BCUT2D eigenvalue weighted by Crippen LogP contribution is 2.28. The van der Waals surface area contributed by atoms with Gasteiger partial charge in [0.2, 0.25) is 0 Å². The molecule has 5 aromatic rings. The van der Waals surface area contributed by atoms with E-state index in [1.807, 2.05) is 0 Å². The summed E-state index contributed by atoms with van der Waals surface area (Å²) in [6, 6.07) is 4.54. The fourth-order valence-electron chi connectivity index (χ4n) is 3.96. The molecule has 1 aromatic carbocycles.